The standard InChI is InChI=1S/C22H25N3O5/c1-16-14-19(8-9-20(16)25(28)29)22(27)30-17(2)21(26)24-12-10-23(11-13-24)15-18-6-4-3-5-7-18/h3-9,14,17H,10-13,15H2,1-2H3/t17-/m1/s1. The zero-order valence-corrected chi connectivity index (χ0v) is 17.1. The Bertz CT molecular complexity index is 924. The highest BCUT2D eigenvalue weighted by atomic mass is 16.6. The molecule has 8 heteroatoms. The number of benzene rings is 2. The summed E-state index contributed by atoms with van der Waals surface area (Å²) in [6, 6.07) is 14.2. The fourth-order valence-corrected chi connectivity index (χ4v) is 3.49. The van der Waals surface area contributed by atoms with Crippen LogP contribution in [0.25, 0.3) is 0 Å². The predicted octanol–water partition coefficient (Wildman–Crippen LogP) is 2.79. The molecule has 30 heavy (non-hydrogen) atoms. The highest BCUT2D eigenvalue weighted by Gasteiger charge is 2.28. The third kappa shape index (κ3) is 5.21. The number of hydrogen-bond acceptors (Lipinski definition) is 6. The van der Waals surface area contributed by atoms with Crippen LogP contribution in [0.2, 0.25) is 0 Å². The second-order valence-corrected chi connectivity index (χ2v) is 7.39. The molecule has 0 unspecified atom stereocenters. The molecule has 1 aliphatic rings. The molecule has 0 saturated carbocycles. The number of hydrogen-bond donors (Lipinski definition) is 0. The Kier molecular flexibility index (Phi) is 6.79. The number of piperazine rings is 1. The van der Waals surface area contributed by atoms with Crippen LogP contribution in [-0.4, -0.2) is 58.9 Å². The molecule has 1 heterocycles. The van der Waals surface area contributed by atoms with E-state index in [-0.39, 0.29) is 17.2 Å². The average Bonchev–Trinajstić information content (AvgIpc) is 2.74. The Hall–Kier alpha value is -3.26. The van der Waals surface area contributed by atoms with E-state index >= 15 is 0 Å². The van der Waals surface area contributed by atoms with Crippen molar-refractivity contribution in [1.29, 1.82) is 0 Å². The Morgan fingerprint density at radius 3 is 2.37 bits per heavy atom. The van der Waals surface area contributed by atoms with Gasteiger partial charge in [-0.15, -0.1) is 0 Å². The van der Waals surface area contributed by atoms with Gasteiger partial charge in [0.1, 0.15) is 0 Å². The number of nitro benzene ring substituents is 1. The fraction of sp³-hybridized carbons (Fsp3) is 0.364. The topological polar surface area (TPSA) is 93.0 Å². The highest BCUT2D eigenvalue weighted by molar-refractivity contribution is 5.92. The first-order valence-corrected chi connectivity index (χ1v) is 9.86. The summed E-state index contributed by atoms with van der Waals surface area (Å²) >= 11 is 0. The molecule has 1 aliphatic heterocycles. The van der Waals surface area contributed by atoms with E-state index in [1.54, 1.807) is 18.7 Å². The van der Waals surface area contributed by atoms with Gasteiger partial charge >= 0.3 is 5.97 Å². The van der Waals surface area contributed by atoms with E-state index in [1.807, 2.05) is 18.2 Å². The number of nitro groups is 1. The Morgan fingerprint density at radius 1 is 1.10 bits per heavy atom. The Morgan fingerprint density at radius 2 is 1.77 bits per heavy atom. The molecule has 0 radical (unpaired) electrons. The number of amides is 1. The van der Waals surface area contributed by atoms with Crippen LogP contribution in [0, 0.1) is 17.0 Å². The van der Waals surface area contributed by atoms with Crippen molar-refractivity contribution in [3.8, 4) is 0 Å². The normalized spacial score (nSPS) is 15.5. The highest BCUT2D eigenvalue weighted by Crippen LogP contribution is 2.20. The maximum Gasteiger partial charge on any atom is 0.338 e. The monoisotopic (exact) mass is 411 g/mol. The molecule has 8 nitrogen and oxygen atoms in total. The van der Waals surface area contributed by atoms with Crippen molar-refractivity contribution in [3.63, 3.8) is 0 Å². The van der Waals surface area contributed by atoms with Gasteiger partial charge in [-0.1, -0.05) is 30.3 Å². The summed E-state index contributed by atoms with van der Waals surface area (Å²) in [6.07, 6.45) is -0.923. The third-order valence-corrected chi connectivity index (χ3v) is 5.19. The van der Waals surface area contributed by atoms with Gasteiger partial charge in [-0.2, -0.15) is 0 Å². The van der Waals surface area contributed by atoms with E-state index in [1.165, 1.54) is 23.8 Å². The lowest BCUT2D eigenvalue weighted by molar-refractivity contribution is -0.385. The summed E-state index contributed by atoms with van der Waals surface area (Å²) in [6.45, 7) is 6.60. The quantitative estimate of drug-likeness (QED) is 0.412. The first kappa shape index (κ1) is 21.4. The van der Waals surface area contributed by atoms with Crippen LogP contribution < -0.4 is 0 Å². The summed E-state index contributed by atoms with van der Waals surface area (Å²) in [5.74, 6) is -0.905. The summed E-state index contributed by atoms with van der Waals surface area (Å²) < 4.78 is 5.32. The molecule has 2 aromatic rings. The molecule has 1 fully saturated rings. The largest absolute Gasteiger partial charge is 0.449 e. The number of carbonyl (C=O) groups is 2. The van der Waals surface area contributed by atoms with Gasteiger partial charge in [-0.25, -0.2) is 4.79 Å². The molecule has 2 aromatic carbocycles. The van der Waals surface area contributed by atoms with Crippen molar-refractivity contribution in [2.75, 3.05) is 26.2 Å². The smallest absolute Gasteiger partial charge is 0.338 e. The van der Waals surface area contributed by atoms with Crippen LogP contribution >= 0.6 is 0 Å². The van der Waals surface area contributed by atoms with E-state index in [0.29, 0.717) is 18.7 Å². The van der Waals surface area contributed by atoms with E-state index in [2.05, 4.69) is 17.0 Å². The van der Waals surface area contributed by atoms with Crippen LogP contribution in [0.4, 0.5) is 5.69 Å². The Balaban J connectivity index is 1.51. The molecule has 1 saturated heterocycles. The first-order valence-electron chi connectivity index (χ1n) is 9.86. The van der Waals surface area contributed by atoms with Gasteiger partial charge < -0.3 is 9.64 Å². The zero-order chi connectivity index (χ0) is 21.7. The number of rotatable bonds is 6. The van der Waals surface area contributed by atoms with E-state index in [9.17, 15) is 19.7 Å². The molecular formula is C22H25N3O5. The van der Waals surface area contributed by atoms with Crippen molar-refractivity contribution in [2.45, 2.75) is 26.5 Å². The van der Waals surface area contributed by atoms with Gasteiger partial charge in [0.2, 0.25) is 0 Å². The molecule has 0 bridgehead atoms. The summed E-state index contributed by atoms with van der Waals surface area (Å²) in [7, 11) is 0. The van der Waals surface area contributed by atoms with Crippen LogP contribution in [0.15, 0.2) is 48.5 Å². The number of nitrogens with zero attached hydrogens (tertiary/aromatic N) is 3. The van der Waals surface area contributed by atoms with Crippen LogP contribution in [0.1, 0.15) is 28.4 Å². The van der Waals surface area contributed by atoms with Crippen molar-refractivity contribution >= 4 is 17.6 Å². The molecule has 3 rings (SSSR count). The zero-order valence-electron chi connectivity index (χ0n) is 17.1. The van der Waals surface area contributed by atoms with Crippen LogP contribution in [0.5, 0.6) is 0 Å². The van der Waals surface area contributed by atoms with E-state index < -0.39 is 17.0 Å². The molecular weight excluding hydrogens is 386 g/mol. The summed E-state index contributed by atoms with van der Waals surface area (Å²) in [4.78, 5) is 39.4. The predicted molar refractivity (Wildman–Crippen MR) is 111 cm³/mol. The van der Waals surface area contributed by atoms with Crippen LogP contribution in [0.3, 0.4) is 0 Å². The maximum absolute atomic E-state index is 12.7. The first-order chi connectivity index (χ1) is 14.3. The third-order valence-electron chi connectivity index (χ3n) is 5.19. The van der Waals surface area contributed by atoms with Gasteiger partial charge in [-0.3, -0.25) is 19.8 Å². The summed E-state index contributed by atoms with van der Waals surface area (Å²) in [5, 5.41) is 10.9. The number of esters is 1. The maximum atomic E-state index is 12.7. The average molecular weight is 411 g/mol. The molecule has 0 aromatic heterocycles. The number of ether oxygens (including phenoxy) is 1. The van der Waals surface area contributed by atoms with Crippen molar-refractivity contribution in [2.24, 2.45) is 0 Å². The molecule has 0 spiro atoms. The SMILES string of the molecule is Cc1cc(C(=O)O[C@H](C)C(=O)N2CCN(Cc3ccccc3)CC2)ccc1[N+](=O)[O-]. The van der Waals surface area contributed by atoms with Crippen molar-refractivity contribution in [3.05, 3.63) is 75.3 Å². The van der Waals surface area contributed by atoms with Crippen LogP contribution in [-0.2, 0) is 16.1 Å². The second-order valence-electron chi connectivity index (χ2n) is 7.39. The summed E-state index contributed by atoms with van der Waals surface area (Å²) in [5.41, 5.74) is 1.72. The van der Waals surface area contributed by atoms with Gasteiger partial charge in [-0.05, 0) is 31.5 Å². The second kappa shape index (κ2) is 9.49. The number of carbonyl (C=O) groups excluding carboxylic acids is 2. The van der Waals surface area contributed by atoms with Gasteiger partial charge in [0.05, 0.1) is 10.5 Å². The lowest BCUT2D eigenvalue weighted by atomic mass is 10.1. The van der Waals surface area contributed by atoms with Gasteiger partial charge in [0.15, 0.2) is 6.10 Å². The van der Waals surface area contributed by atoms with Crippen molar-refractivity contribution in [1.82, 2.24) is 9.80 Å². The minimum atomic E-state index is -0.923. The fourth-order valence-electron chi connectivity index (χ4n) is 3.49. The number of aryl methyl sites for hydroxylation is 1. The Labute approximate surface area is 175 Å². The van der Waals surface area contributed by atoms with E-state index in [4.69, 9.17) is 4.74 Å². The molecule has 0 aliphatic carbocycles. The minimum Gasteiger partial charge on any atom is -0.449 e. The lowest BCUT2D eigenvalue weighted by Gasteiger charge is -2.35. The van der Waals surface area contributed by atoms with Gasteiger partial charge in [0, 0.05) is 44.4 Å². The van der Waals surface area contributed by atoms with Gasteiger partial charge in [0.25, 0.3) is 11.6 Å². The van der Waals surface area contributed by atoms with Crippen molar-refractivity contribution < 1.29 is 19.2 Å². The molecule has 0 N–H and O–H groups in total. The van der Waals surface area contributed by atoms with E-state index in [0.717, 1.165) is 19.6 Å². The molecule has 1 atom stereocenters. The molecule has 158 valence electrons. The minimum absolute atomic E-state index is 0.0657. The molecule has 1 amide bonds. The lowest BCUT2D eigenvalue weighted by Crippen LogP contribution is -2.51.